The van der Waals surface area contributed by atoms with Gasteiger partial charge >= 0.3 is 0 Å². The SMILES string of the molecule is Cl.O=C1CNC2(CC2)C(=O)N1. The van der Waals surface area contributed by atoms with Crippen LogP contribution in [0.3, 0.4) is 0 Å². The Hall–Kier alpha value is -0.610. The van der Waals surface area contributed by atoms with Crippen molar-refractivity contribution in [1.29, 1.82) is 0 Å². The smallest absolute Gasteiger partial charge is 0.246 e. The molecule has 1 saturated carbocycles. The van der Waals surface area contributed by atoms with Gasteiger partial charge in [-0.25, -0.2) is 0 Å². The minimum Gasteiger partial charge on any atom is -0.295 e. The number of carbonyl (C=O) groups excluding carboxylic acids is 2. The Labute approximate surface area is 70.1 Å². The van der Waals surface area contributed by atoms with Gasteiger partial charge in [0.1, 0.15) is 0 Å². The van der Waals surface area contributed by atoms with Gasteiger partial charge < -0.3 is 0 Å². The predicted molar refractivity (Wildman–Crippen MR) is 40.4 cm³/mol. The van der Waals surface area contributed by atoms with Gasteiger partial charge in [0.05, 0.1) is 12.1 Å². The molecule has 2 fully saturated rings. The number of piperazine rings is 1. The van der Waals surface area contributed by atoms with Crippen molar-refractivity contribution in [3.63, 3.8) is 0 Å². The summed E-state index contributed by atoms with van der Waals surface area (Å²) in [5.74, 6) is -0.369. The Morgan fingerprint density at radius 3 is 2.36 bits per heavy atom. The van der Waals surface area contributed by atoms with Crippen molar-refractivity contribution >= 4 is 24.2 Å². The second kappa shape index (κ2) is 2.46. The molecule has 2 aliphatic rings. The minimum atomic E-state index is -0.353. The number of nitrogens with one attached hydrogen (secondary N) is 2. The van der Waals surface area contributed by atoms with Gasteiger partial charge in [0.15, 0.2) is 0 Å². The summed E-state index contributed by atoms with van der Waals surface area (Å²) in [4.78, 5) is 21.6. The molecular formula is C6H9ClN2O2. The van der Waals surface area contributed by atoms with Crippen LogP contribution in [-0.2, 0) is 9.59 Å². The van der Waals surface area contributed by atoms with Crippen LogP contribution in [0.4, 0.5) is 0 Å². The van der Waals surface area contributed by atoms with Crippen LogP contribution in [0.15, 0.2) is 0 Å². The average molecular weight is 177 g/mol. The van der Waals surface area contributed by atoms with Gasteiger partial charge in [0, 0.05) is 0 Å². The third-order valence-corrected chi connectivity index (χ3v) is 2.02. The van der Waals surface area contributed by atoms with Crippen LogP contribution >= 0.6 is 12.4 Å². The molecule has 1 heterocycles. The summed E-state index contributed by atoms with van der Waals surface area (Å²) in [7, 11) is 0. The monoisotopic (exact) mass is 176 g/mol. The van der Waals surface area contributed by atoms with Crippen molar-refractivity contribution in [3.05, 3.63) is 0 Å². The Morgan fingerprint density at radius 1 is 1.27 bits per heavy atom. The first-order chi connectivity index (χ1) is 4.73. The van der Waals surface area contributed by atoms with E-state index in [1.165, 1.54) is 0 Å². The van der Waals surface area contributed by atoms with E-state index in [2.05, 4.69) is 10.6 Å². The van der Waals surface area contributed by atoms with Crippen LogP contribution in [0, 0.1) is 0 Å². The number of halogens is 1. The maximum atomic E-state index is 11.0. The van der Waals surface area contributed by atoms with Crippen molar-refractivity contribution in [2.75, 3.05) is 6.54 Å². The number of rotatable bonds is 0. The van der Waals surface area contributed by atoms with Crippen LogP contribution in [0.1, 0.15) is 12.8 Å². The molecule has 0 aromatic heterocycles. The zero-order valence-electron chi connectivity index (χ0n) is 5.85. The Bertz CT molecular complexity index is 213. The van der Waals surface area contributed by atoms with Gasteiger partial charge in [-0.2, -0.15) is 0 Å². The fourth-order valence-electron chi connectivity index (χ4n) is 1.15. The highest BCUT2D eigenvalue weighted by molar-refractivity contribution is 6.04. The van der Waals surface area contributed by atoms with Crippen LogP contribution in [0.5, 0.6) is 0 Å². The molecule has 0 bridgehead atoms. The molecule has 1 aliphatic heterocycles. The second-order valence-electron chi connectivity index (χ2n) is 2.81. The maximum Gasteiger partial charge on any atom is 0.246 e. The standard InChI is InChI=1S/C6H8N2O2.ClH/c9-4-3-7-6(1-2-6)5(10)8-4;/h7H,1-3H2,(H,8,9,10);1H. The van der Waals surface area contributed by atoms with E-state index in [4.69, 9.17) is 0 Å². The van der Waals surface area contributed by atoms with Gasteiger partial charge in [0.2, 0.25) is 11.8 Å². The maximum absolute atomic E-state index is 11.0. The molecular weight excluding hydrogens is 168 g/mol. The lowest BCUT2D eigenvalue weighted by molar-refractivity contribution is -0.135. The average Bonchev–Trinajstić information content (AvgIpc) is 2.62. The fourth-order valence-corrected chi connectivity index (χ4v) is 1.15. The second-order valence-corrected chi connectivity index (χ2v) is 2.81. The van der Waals surface area contributed by atoms with E-state index in [-0.39, 0.29) is 36.3 Å². The Morgan fingerprint density at radius 2 is 1.91 bits per heavy atom. The van der Waals surface area contributed by atoms with Crippen molar-refractivity contribution in [2.24, 2.45) is 0 Å². The zero-order chi connectivity index (χ0) is 7.19. The largest absolute Gasteiger partial charge is 0.295 e. The predicted octanol–water partition coefficient (Wildman–Crippen LogP) is -0.813. The van der Waals surface area contributed by atoms with E-state index < -0.39 is 0 Å². The van der Waals surface area contributed by atoms with Gasteiger partial charge in [-0.1, -0.05) is 0 Å². The van der Waals surface area contributed by atoms with Crippen LogP contribution in [-0.4, -0.2) is 23.9 Å². The lowest BCUT2D eigenvalue weighted by atomic mass is 10.2. The van der Waals surface area contributed by atoms with E-state index in [1.54, 1.807) is 0 Å². The molecule has 62 valence electrons. The highest BCUT2D eigenvalue weighted by atomic mass is 35.5. The third kappa shape index (κ3) is 1.23. The van der Waals surface area contributed by atoms with E-state index in [1.807, 2.05) is 0 Å². The summed E-state index contributed by atoms with van der Waals surface area (Å²) >= 11 is 0. The molecule has 0 radical (unpaired) electrons. The molecule has 2 rings (SSSR count). The van der Waals surface area contributed by atoms with E-state index >= 15 is 0 Å². The number of hydrogen-bond acceptors (Lipinski definition) is 3. The highest BCUT2D eigenvalue weighted by Crippen LogP contribution is 2.36. The quantitative estimate of drug-likeness (QED) is 0.475. The molecule has 2 amide bonds. The molecule has 11 heavy (non-hydrogen) atoms. The molecule has 5 heteroatoms. The lowest BCUT2D eigenvalue weighted by Crippen LogP contribution is -2.57. The van der Waals surface area contributed by atoms with Crippen LogP contribution in [0.2, 0.25) is 0 Å². The van der Waals surface area contributed by atoms with Crippen LogP contribution in [0.25, 0.3) is 0 Å². The molecule has 0 aromatic rings. The van der Waals surface area contributed by atoms with E-state index in [9.17, 15) is 9.59 Å². The highest BCUT2D eigenvalue weighted by Gasteiger charge is 2.52. The zero-order valence-corrected chi connectivity index (χ0v) is 6.66. The molecule has 1 spiro atoms. The Balaban J connectivity index is 0.000000605. The first kappa shape index (κ1) is 8.49. The molecule has 0 unspecified atom stereocenters. The molecule has 2 N–H and O–H groups in total. The van der Waals surface area contributed by atoms with Crippen molar-refractivity contribution in [1.82, 2.24) is 10.6 Å². The first-order valence-electron chi connectivity index (χ1n) is 3.32. The summed E-state index contributed by atoms with van der Waals surface area (Å²) < 4.78 is 0. The molecule has 4 nitrogen and oxygen atoms in total. The normalized spacial score (nSPS) is 25.8. The number of amides is 2. The van der Waals surface area contributed by atoms with E-state index in [0.29, 0.717) is 0 Å². The van der Waals surface area contributed by atoms with E-state index in [0.717, 1.165) is 12.8 Å². The third-order valence-electron chi connectivity index (χ3n) is 2.02. The van der Waals surface area contributed by atoms with Gasteiger partial charge in [-0.05, 0) is 12.8 Å². The number of imide groups is 1. The van der Waals surface area contributed by atoms with Crippen molar-refractivity contribution < 1.29 is 9.59 Å². The van der Waals surface area contributed by atoms with Crippen molar-refractivity contribution in [2.45, 2.75) is 18.4 Å². The first-order valence-corrected chi connectivity index (χ1v) is 3.32. The summed E-state index contributed by atoms with van der Waals surface area (Å²) in [5, 5.41) is 5.20. The minimum absolute atomic E-state index is 0. The Kier molecular flexibility index (Phi) is 1.90. The molecule has 1 aliphatic carbocycles. The van der Waals surface area contributed by atoms with Crippen LogP contribution < -0.4 is 10.6 Å². The topological polar surface area (TPSA) is 58.2 Å². The van der Waals surface area contributed by atoms with Gasteiger partial charge in [0.25, 0.3) is 0 Å². The lowest BCUT2D eigenvalue weighted by Gasteiger charge is -2.20. The van der Waals surface area contributed by atoms with Gasteiger partial charge in [-0.3, -0.25) is 20.2 Å². The number of hydrogen-bond donors (Lipinski definition) is 2. The summed E-state index contributed by atoms with van der Waals surface area (Å²) in [5.41, 5.74) is -0.353. The number of carbonyl (C=O) groups is 2. The summed E-state index contributed by atoms with van der Waals surface area (Å²) in [6, 6.07) is 0. The van der Waals surface area contributed by atoms with Gasteiger partial charge in [-0.15, -0.1) is 12.4 Å². The fraction of sp³-hybridized carbons (Fsp3) is 0.667. The summed E-state index contributed by atoms with van der Waals surface area (Å²) in [6.45, 7) is 0.283. The summed E-state index contributed by atoms with van der Waals surface area (Å²) in [6.07, 6.45) is 1.73. The molecule has 1 saturated heterocycles. The van der Waals surface area contributed by atoms with Crippen molar-refractivity contribution in [3.8, 4) is 0 Å². The molecule has 0 aromatic carbocycles. The molecule has 0 atom stereocenters.